The highest BCUT2D eigenvalue weighted by atomic mass is 32.2. The number of thioether (sulfide) groups is 1. The molecule has 6 heteroatoms. The molecular formula is C10H18N2O3S. The van der Waals surface area contributed by atoms with Crippen LogP contribution in [0.5, 0.6) is 0 Å². The standard InChI is InChI=1S/C10H18N2O3S/c1-7(2)5-11-10(15)12-3-4-16-6-8(12)9(13)14/h7-8H,3-6H2,1-2H3,(H,11,15)(H,13,14). The molecule has 0 aliphatic carbocycles. The molecule has 1 unspecified atom stereocenters. The molecule has 0 aromatic heterocycles. The van der Waals surface area contributed by atoms with Crippen LogP contribution in [-0.2, 0) is 4.79 Å². The predicted molar refractivity (Wildman–Crippen MR) is 63.7 cm³/mol. The molecule has 0 radical (unpaired) electrons. The van der Waals surface area contributed by atoms with Crippen LogP contribution >= 0.6 is 11.8 Å². The molecule has 1 aliphatic heterocycles. The lowest BCUT2D eigenvalue weighted by Crippen LogP contribution is -2.54. The number of urea groups is 1. The van der Waals surface area contributed by atoms with Gasteiger partial charge in [0.25, 0.3) is 0 Å². The van der Waals surface area contributed by atoms with Gasteiger partial charge >= 0.3 is 12.0 Å². The van der Waals surface area contributed by atoms with Crippen molar-refractivity contribution in [3.63, 3.8) is 0 Å². The summed E-state index contributed by atoms with van der Waals surface area (Å²) in [6, 6.07) is -0.952. The molecule has 1 atom stereocenters. The van der Waals surface area contributed by atoms with Gasteiger partial charge in [0.1, 0.15) is 6.04 Å². The molecule has 5 nitrogen and oxygen atoms in total. The van der Waals surface area contributed by atoms with Gasteiger partial charge in [0.2, 0.25) is 0 Å². The molecule has 1 rings (SSSR count). The highest BCUT2D eigenvalue weighted by molar-refractivity contribution is 7.99. The first-order valence-corrected chi connectivity index (χ1v) is 6.53. The van der Waals surface area contributed by atoms with Crippen LogP contribution in [0.1, 0.15) is 13.8 Å². The van der Waals surface area contributed by atoms with E-state index in [-0.39, 0.29) is 6.03 Å². The number of carboxylic acids is 1. The summed E-state index contributed by atoms with van der Waals surface area (Å²) < 4.78 is 0. The summed E-state index contributed by atoms with van der Waals surface area (Å²) in [5.74, 6) is 0.724. The molecule has 16 heavy (non-hydrogen) atoms. The fraction of sp³-hybridized carbons (Fsp3) is 0.800. The second-order valence-electron chi connectivity index (χ2n) is 4.20. The fourth-order valence-electron chi connectivity index (χ4n) is 1.44. The number of hydrogen-bond donors (Lipinski definition) is 2. The lowest BCUT2D eigenvalue weighted by Gasteiger charge is -2.32. The maximum Gasteiger partial charge on any atom is 0.327 e. The zero-order chi connectivity index (χ0) is 12.1. The molecule has 1 heterocycles. The average molecular weight is 246 g/mol. The first-order chi connectivity index (χ1) is 7.52. The van der Waals surface area contributed by atoms with Crippen molar-refractivity contribution in [2.75, 3.05) is 24.6 Å². The minimum absolute atomic E-state index is 0.263. The molecular weight excluding hydrogens is 228 g/mol. The van der Waals surface area contributed by atoms with E-state index < -0.39 is 12.0 Å². The molecule has 0 aromatic rings. The first-order valence-electron chi connectivity index (χ1n) is 5.37. The fourth-order valence-corrected chi connectivity index (χ4v) is 2.48. The Morgan fingerprint density at radius 3 is 2.81 bits per heavy atom. The molecule has 0 aromatic carbocycles. The lowest BCUT2D eigenvalue weighted by atomic mass is 10.2. The number of amides is 2. The van der Waals surface area contributed by atoms with Crippen LogP contribution in [0.15, 0.2) is 0 Å². The third-order valence-corrected chi connectivity index (χ3v) is 3.36. The zero-order valence-corrected chi connectivity index (χ0v) is 10.4. The van der Waals surface area contributed by atoms with Gasteiger partial charge < -0.3 is 15.3 Å². The molecule has 92 valence electrons. The zero-order valence-electron chi connectivity index (χ0n) is 9.60. The Hall–Kier alpha value is -0.910. The second-order valence-corrected chi connectivity index (χ2v) is 5.35. The topological polar surface area (TPSA) is 69.6 Å². The molecule has 0 bridgehead atoms. The molecule has 1 aliphatic rings. The van der Waals surface area contributed by atoms with Crippen molar-refractivity contribution in [1.82, 2.24) is 10.2 Å². The van der Waals surface area contributed by atoms with Gasteiger partial charge in [0.05, 0.1) is 0 Å². The maximum atomic E-state index is 11.8. The van der Waals surface area contributed by atoms with Crippen molar-refractivity contribution in [2.45, 2.75) is 19.9 Å². The Bertz CT molecular complexity index is 271. The number of nitrogens with one attached hydrogen (secondary N) is 1. The molecule has 0 spiro atoms. The van der Waals surface area contributed by atoms with Crippen molar-refractivity contribution >= 4 is 23.8 Å². The third-order valence-electron chi connectivity index (χ3n) is 2.34. The van der Waals surface area contributed by atoms with E-state index in [1.165, 1.54) is 4.90 Å². The van der Waals surface area contributed by atoms with E-state index in [9.17, 15) is 9.59 Å². The number of nitrogens with zero attached hydrogens (tertiary/aromatic N) is 1. The van der Waals surface area contributed by atoms with Crippen LogP contribution < -0.4 is 5.32 Å². The second kappa shape index (κ2) is 5.98. The van der Waals surface area contributed by atoms with Crippen molar-refractivity contribution < 1.29 is 14.7 Å². The van der Waals surface area contributed by atoms with Crippen LogP contribution in [0.3, 0.4) is 0 Å². The smallest absolute Gasteiger partial charge is 0.327 e. The number of hydrogen-bond acceptors (Lipinski definition) is 3. The highest BCUT2D eigenvalue weighted by Crippen LogP contribution is 2.16. The number of carbonyl (C=O) groups is 2. The Kier molecular flexibility index (Phi) is 4.92. The van der Waals surface area contributed by atoms with Crippen LogP contribution in [0, 0.1) is 5.92 Å². The van der Waals surface area contributed by atoms with Gasteiger partial charge in [-0.2, -0.15) is 11.8 Å². The summed E-state index contributed by atoms with van der Waals surface area (Å²) in [6.45, 7) is 5.09. The van der Waals surface area contributed by atoms with Gasteiger partial charge in [-0.15, -0.1) is 0 Å². The Morgan fingerprint density at radius 2 is 2.25 bits per heavy atom. The Balaban J connectivity index is 2.54. The van der Waals surface area contributed by atoms with Crippen molar-refractivity contribution in [1.29, 1.82) is 0 Å². The first kappa shape index (κ1) is 13.2. The summed E-state index contributed by atoms with van der Waals surface area (Å²) in [5.41, 5.74) is 0. The van der Waals surface area contributed by atoms with Crippen molar-refractivity contribution in [2.24, 2.45) is 5.92 Å². The Morgan fingerprint density at radius 1 is 1.56 bits per heavy atom. The summed E-state index contributed by atoms with van der Waals surface area (Å²) in [7, 11) is 0. The number of rotatable bonds is 3. The predicted octanol–water partition coefficient (Wildman–Crippen LogP) is 0.854. The van der Waals surface area contributed by atoms with E-state index >= 15 is 0 Å². The molecule has 1 fully saturated rings. The number of aliphatic carboxylic acids is 1. The normalized spacial score (nSPS) is 20.9. The third kappa shape index (κ3) is 3.59. The quantitative estimate of drug-likeness (QED) is 0.774. The number of carboxylic acid groups (broad SMARTS) is 1. The van der Waals surface area contributed by atoms with E-state index in [1.807, 2.05) is 13.8 Å². The van der Waals surface area contributed by atoms with Crippen LogP contribution in [-0.4, -0.2) is 52.6 Å². The van der Waals surface area contributed by atoms with Gasteiger partial charge in [0, 0.05) is 24.6 Å². The minimum atomic E-state index is -0.924. The Labute approximate surface area is 99.6 Å². The van der Waals surface area contributed by atoms with E-state index in [0.717, 1.165) is 5.75 Å². The average Bonchev–Trinajstić information content (AvgIpc) is 2.25. The monoisotopic (exact) mass is 246 g/mol. The van der Waals surface area contributed by atoms with Crippen molar-refractivity contribution in [3.8, 4) is 0 Å². The lowest BCUT2D eigenvalue weighted by molar-refractivity contribution is -0.141. The van der Waals surface area contributed by atoms with E-state index in [0.29, 0.717) is 24.8 Å². The summed E-state index contributed by atoms with van der Waals surface area (Å²) in [5, 5.41) is 11.8. The van der Waals surface area contributed by atoms with Gasteiger partial charge in [0.15, 0.2) is 0 Å². The highest BCUT2D eigenvalue weighted by Gasteiger charge is 2.32. The minimum Gasteiger partial charge on any atom is -0.480 e. The van der Waals surface area contributed by atoms with Crippen LogP contribution in [0.4, 0.5) is 4.79 Å². The van der Waals surface area contributed by atoms with Gasteiger partial charge in [-0.05, 0) is 5.92 Å². The van der Waals surface area contributed by atoms with E-state index in [4.69, 9.17) is 5.11 Å². The molecule has 0 saturated carbocycles. The summed E-state index contributed by atoms with van der Waals surface area (Å²) in [6.07, 6.45) is 0. The van der Waals surface area contributed by atoms with Gasteiger partial charge in [-0.3, -0.25) is 0 Å². The van der Waals surface area contributed by atoms with Crippen LogP contribution in [0.2, 0.25) is 0 Å². The molecule has 1 saturated heterocycles. The molecule has 2 N–H and O–H groups in total. The summed E-state index contributed by atoms with van der Waals surface area (Å²) in [4.78, 5) is 24.1. The number of carbonyl (C=O) groups excluding carboxylic acids is 1. The van der Waals surface area contributed by atoms with Crippen molar-refractivity contribution in [3.05, 3.63) is 0 Å². The summed E-state index contributed by atoms with van der Waals surface area (Å²) >= 11 is 1.57. The van der Waals surface area contributed by atoms with E-state index in [2.05, 4.69) is 5.32 Å². The van der Waals surface area contributed by atoms with Crippen LogP contribution in [0.25, 0.3) is 0 Å². The SMILES string of the molecule is CC(C)CNC(=O)N1CCSCC1C(=O)O. The van der Waals surface area contributed by atoms with Gasteiger partial charge in [-0.25, -0.2) is 9.59 Å². The van der Waals surface area contributed by atoms with E-state index in [1.54, 1.807) is 11.8 Å². The molecule has 2 amide bonds. The largest absolute Gasteiger partial charge is 0.480 e. The maximum absolute atomic E-state index is 11.8. The van der Waals surface area contributed by atoms with Gasteiger partial charge in [-0.1, -0.05) is 13.8 Å².